The van der Waals surface area contributed by atoms with Crippen LogP contribution in [-0.2, 0) is 19.6 Å². The lowest BCUT2D eigenvalue weighted by Gasteiger charge is -2.33. The Balaban J connectivity index is 2.28. The summed E-state index contributed by atoms with van der Waals surface area (Å²) in [6.07, 6.45) is 2.07. The average Bonchev–Trinajstić information content (AvgIpc) is 2.54. The van der Waals surface area contributed by atoms with E-state index in [1.54, 1.807) is 0 Å². The van der Waals surface area contributed by atoms with Crippen LogP contribution in [0.2, 0.25) is 0 Å². The van der Waals surface area contributed by atoms with E-state index < -0.39 is 16.1 Å². The maximum absolute atomic E-state index is 12.8. The minimum atomic E-state index is -3.75. The molecule has 2 N–H and O–H groups in total. The van der Waals surface area contributed by atoms with Crippen molar-refractivity contribution in [2.45, 2.75) is 37.1 Å². The molecule has 0 saturated carbocycles. The first kappa shape index (κ1) is 17.4. The van der Waals surface area contributed by atoms with Crippen LogP contribution in [0.4, 0.5) is 5.69 Å². The van der Waals surface area contributed by atoms with E-state index in [2.05, 4.69) is 10.6 Å². The number of piperidine rings is 1. The molecule has 1 aliphatic rings. The predicted octanol–water partition coefficient (Wildman–Crippen LogP) is 0.934. The summed E-state index contributed by atoms with van der Waals surface area (Å²) in [4.78, 5) is 23.1. The Hall–Kier alpha value is -1.93. The van der Waals surface area contributed by atoms with Crippen molar-refractivity contribution >= 4 is 27.5 Å². The molecule has 0 radical (unpaired) electrons. The standard InChI is InChI=1S/C15H21N3O4S/c1-11(19)17-12-6-8-13(9-7-12)23(21,22)18-10-4-3-5-14(18)15(20)16-2/h6-9,14H,3-5,10H2,1-2H3,(H,16,20)(H,17,19)/t14-/m0/s1. The normalized spacial score (nSPS) is 19.1. The fourth-order valence-electron chi connectivity index (χ4n) is 2.67. The van der Waals surface area contributed by atoms with Gasteiger partial charge in [0.2, 0.25) is 21.8 Å². The Morgan fingerprint density at radius 3 is 2.39 bits per heavy atom. The van der Waals surface area contributed by atoms with Crippen LogP contribution in [0.3, 0.4) is 0 Å². The largest absolute Gasteiger partial charge is 0.358 e. The van der Waals surface area contributed by atoms with Crippen molar-refractivity contribution in [3.63, 3.8) is 0 Å². The molecule has 1 fully saturated rings. The number of anilines is 1. The fraction of sp³-hybridized carbons (Fsp3) is 0.467. The van der Waals surface area contributed by atoms with Crippen LogP contribution in [0, 0.1) is 0 Å². The Morgan fingerprint density at radius 1 is 1.17 bits per heavy atom. The smallest absolute Gasteiger partial charge is 0.243 e. The van der Waals surface area contributed by atoms with Gasteiger partial charge in [-0.3, -0.25) is 9.59 Å². The summed E-state index contributed by atoms with van der Waals surface area (Å²) in [6.45, 7) is 1.71. The zero-order chi connectivity index (χ0) is 17.0. The first-order valence-corrected chi connectivity index (χ1v) is 8.91. The van der Waals surface area contributed by atoms with Gasteiger partial charge in [0.05, 0.1) is 4.90 Å². The summed E-state index contributed by atoms with van der Waals surface area (Å²) in [6, 6.07) is 5.28. The zero-order valence-corrected chi connectivity index (χ0v) is 14.0. The molecule has 1 aromatic rings. The molecule has 0 aliphatic carbocycles. The number of carbonyl (C=O) groups excluding carboxylic acids is 2. The van der Waals surface area contributed by atoms with Crippen LogP contribution in [-0.4, -0.2) is 44.2 Å². The third-order valence-electron chi connectivity index (χ3n) is 3.78. The van der Waals surface area contributed by atoms with Crippen LogP contribution in [0.1, 0.15) is 26.2 Å². The van der Waals surface area contributed by atoms with Crippen molar-refractivity contribution in [1.82, 2.24) is 9.62 Å². The number of nitrogens with one attached hydrogen (secondary N) is 2. The van der Waals surface area contributed by atoms with Gasteiger partial charge in [-0.2, -0.15) is 4.31 Å². The van der Waals surface area contributed by atoms with E-state index in [4.69, 9.17) is 0 Å². The van der Waals surface area contributed by atoms with Crippen LogP contribution in [0.15, 0.2) is 29.2 Å². The Morgan fingerprint density at radius 2 is 1.83 bits per heavy atom. The molecule has 0 aromatic heterocycles. The maximum Gasteiger partial charge on any atom is 0.243 e. The monoisotopic (exact) mass is 339 g/mol. The predicted molar refractivity (Wildman–Crippen MR) is 86.3 cm³/mol. The molecule has 1 saturated heterocycles. The highest BCUT2D eigenvalue weighted by Gasteiger charge is 2.37. The topological polar surface area (TPSA) is 95.6 Å². The summed E-state index contributed by atoms with van der Waals surface area (Å²) in [5, 5.41) is 5.11. The van der Waals surface area contributed by atoms with Crippen molar-refractivity contribution in [2.24, 2.45) is 0 Å². The Bertz CT molecular complexity index is 685. The van der Waals surface area contributed by atoms with Crippen molar-refractivity contribution in [2.75, 3.05) is 18.9 Å². The average molecular weight is 339 g/mol. The zero-order valence-electron chi connectivity index (χ0n) is 13.2. The second-order valence-electron chi connectivity index (χ2n) is 5.45. The molecular weight excluding hydrogens is 318 g/mol. The van der Waals surface area contributed by atoms with Crippen LogP contribution >= 0.6 is 0 Å². The van der Waals surface area contributed by atoms with E-state index >= 15 is 0 Å². The molecule has 0 unspecified atom stereocenters. The summed E-state index contributed by atoms with van der Waals surface area (Å²) < 4.78 is 26.9. The van der Waals surface area contributed by atoms with Gasteiger partial charge in [0.15, 0.2) is 0 Å². The molecule has 1 atom stereocenters. The van der Waals surface area contributed by atoms with Crippen LogP contribution in [0.5, 0.6) is 0 Å². The highest BCUT2D eigenvalue weighted by molar-refractivity contribution is 7.89. The van der Waals surface area contributed by atoms with Crippen molar-refractivity contribution in [3.05, 3.63) is 24.3 Å². The second-order valence-corrected chi connectivity index (χ2v) is 7.34. The molecule has 1 heterocycles. The molecule has 23 heavy (non-hydrogen) atoms. The first-order valence-electron chi connectivity index (χ1n) is 7.47. The summed E-state index contributed by atoms with van der Waals surface area (Å²) in [5.74, 6) is -0.514. The van der Waals surface area contributed by atoms with E-state index in [0.29, 0.717) is 18.7 Å². The number of amides is 2. The summed E-state index contributed by atoms with van der Waals surface area (Å²) in [5.41, 5.74) is 0.526. The molecule has 2 amide bonds. The molecule has 2 rings (SSSR count). The molecule has 1 aliphatic heterocycles. The summed E-state index contributed by atoms with van der Waals surface area (Å²) >= 11 is 0. The molecule has 1 aromatic carbocycles. The van der Waals surface area contributed by atoms with Gasteiger partial charge in [-0.05, 0) is 37.1 Å². The van der Waals surface area contributed by atoms with Crippen molar-refractivity contribution in [1.29, 1.82) is 0 Å². The van der Waals surface area contributed by atoms with Crippen molar-refractivity contribution < 1.29 is 18.0 Å². The van der Waals surface area contributed by atoms with Gasteiger partial charge < -0.3 is 10.6 Å². The highest BCUT2D eigenvalue weighted by atomic mass is 32.2. The number of hydrogen-bond acceptors (Lipinski definition) is 4. The number of nitrogens with zero attached hydrogens (tertiary/aromatic N) is 1. The lowest BCUT2D eigenvalue weighted by molar-refractivity contribution is -0.125. The fourth-order valence-corrected chi connectivity index (χ4v) is 4.33. The first-order chi connectivity index (χ1) is 10.9. The van der Waals surface area contributed by atoms with E-state index in [9.17, 15) is 18.0 Å². The second kappa shape index (κ2) is 7.10. The van der Waals surface area contributed by atoms with Gasteiger partial charge in [-0.25, -0.2) is 8.42 Å². The molecule has 0 bridgehead atoms. The maximum atomic E-state index is 12.8. The third kappa shape index (κ3) is 3.89. The summed E-state index contributed by atoms with van der Waals surface area (Å²) in [7, 11) is -2.25. The van der Waals surface area contributed by atoms with Crippen LogP contribution in [0.25, 0.3) is 0 Å². The molecular formula is C15H21N3O4S. The van der Waals surface area contributed by atoms with E-state index in [-0.39, 0.29) is 16.7 Å². The van der Waals surface area contributed by atoms with Gasteiger partial charge in [-0.15, -0.1) is 0 Å². The van der Waals surface area contributed by atoms with Gasteiger partial charge in [0.25, 0.3) is 0 Å². The van der Waals surface area contributed by atoms with Gasteiger partial charge >= 0.3 is 0 Å². The lowest BCUT2D eigenvalue weighted by Crippen LogP contribution is -2.51. The van der Waals surface area contributed by atoms with Gasteiger partial charge in [0.1, 0.15) is 6.04 Å². The van der Waals surface area contributed by atoms with Gasteiger partial charge in [0, 0.05) is 26.2 Å². The minimum absolute atomic E-state index is 0.113. The molecule has 7 nitrogen and oxygen atoms in total. The molecule has 126 valence electrons. The van der Waals surface area contributed by atoms with E-state index in [0.717, 1.165) is 12.8 Å². The van der Waals surface area contributed by atoms with Gasteiger partial charge in [-0.1, -0.05) is 6.42 Å². The van der Waals surface area contributed by atoms with E-state index in [1.807, 2.05) is 0 Å². The minimum Gasteiger partial charge on any atom is -0.358 e. The quantitative estimate of drug-likeness (QED) is 0.853. The molecule has 0 spiro atoms. The number of hydrogen-bond donors (Lipinski definition) is 2. The number of carbonyl (C=O) groups is 2. The SMILES string of the molecule is CNC(=O)[C@@H]1CCCCN1S(=O)(=O)c1ccc(NC(C)=O)cc1. The Labute approximate surface area is 136 Å². The number of sulfonamides is 1. The third-order valence-corrected chi connectivity index (χ3v) is 5.71. The number of benzene rings is 1. The number of likely N-dealkylation sites (N-methyl/N-ethyl adjacent to an activating group) is 1. The molecule has 8 heteroatoms. The van der Waals surface area contributed by atoms with E-state index in [1.165, 1.54) is 42.5 Å². The highest BCUT2D eigenvalue weighted by Crippen LogP contribution is 2.26. The lowest BCUT2D eigenvalue weighted by atomic mass is 10.0. The van der Waals surface area contributed by atoms with Crippen LogP contribution < -0.4 is 10.6 Å². The number of rotatable bonds is 4. The van der Waals surface area contributed by atoms with Crippen molar-refractivity contribution in [3.8, 4) is 0 Å². The Kier molecular flexibility index (Phi) is 5.38.